The molecule has 35 heavy (non-hydrogen) atoms. The number of benzene rings is 2. The summed E-state index contributed by atoms with van der Waals surface area (Å²) in [4.78, 5) is 21.4. The van der Waals surface area contributed by atoms with Gasteiger partial charge in [0.15, 0.2) is 0 Å². The zero-order valence-electron chi connectivity index (χ0n) is 21.9. The van der Waals surface area contributed by atoms with Gasteiger partial charge in [0.1, 0.15) is 5.65 Å². The largest absolute Gasteiger partial charge is 0.369 e. The van der Waals surface area contributed by atoms with Crippen LogP contribution in [-0.4, -0.2) is 47.0 Å². The van der Waals surface area contributed by atoms with E-state index >= 15 is 0 Å². The second-order valence-electron chi connectivity index (χ2n) is 10.4. The topological polar surface area (TPSA) is 41.4 Å². The van der Waals surface area contributed by atoms with E-state index in [0.717, 1.165) is 30.3 Å². The standard InChI is InChI=1S/C30H36N4O/c1-19-15-20(2)29(21(3)16-19)34-26-10-8-7-9-25(26)28-27(17-22(4)31-30(28)34)33(18-24-11-12-24)14-13-32(6)23(5)35/h7-10,15-17,24H,11-14,18H2,1-6H3. The van der Waals surface area contributed by atoms with Crippen LogP contribution >= 0.6 is 0 Å². The monoisotopic (exact) mass is 468 g/mol. The molecule has 2 aromatic carbocycles. The number of carbonyl (C=O) groups is 1. The number of amides is 1. The third kappa shape index (κ3) is 4.40. The van der Waals surface area contributed by atoms with Gasteiger partial charge in [-0.3, -0.25) is 9.36 Å². The van der Waals surface area contributed by atoms with Crippen molar-refractivity contribution in [2.75, 3.05) is 31.6 Å². The van der Waals surface area contributed by atoms with Crippen LogP contribution < -0.4 is 4.90 Å². The maximum Gasteiger partial charge on any atom is 0.219 e. The highest BCUT2D eigenvalue weighted by Crippen LogP contribution is 2.40. The molecule has 0 bridgehead atoms. The van der Waals surface area contributed by atoms with Crippen molar-refractivity contribution in [3.63, 3.8) is 0 Å². The van der Waals surface area contributed by atoms with E-state index in [9.17, 15) is 4.79 Å². The molecule has 182 valence electrons. The lowest BCUT2D eigenvalue weighted by atomic mass is 10.0. The second-order valence-corrected chi connectivity index (χ2v) is 10.4. The van der Waals surface area contributed by atoms with E-state index in [1.807, 2.05) is 11.9 Å². The normalized spacial score (nSPS) is 13.5. The van der Waals surface area contributed by atoms with Gasteiger partial charge in [0.2, 0.25) is 5.91 Å². The molecule has 1 aliphatic carbocycles. The molecule has 0 aliphatic heterocycles. The Morgan fingerprint density at radius 1 is 1.03 bits per heavy atom. The van der Waals surface area contributed by atoms with Crippen molar-refractivity contribution in [3.05, 3.63) is 64.8 Å². The number of rotatable bonds is 7. The maximum absolute atomic E-state index is 11.9. The molecule has 5 nitrogen and oxygen atoms in total. The van der Waals surface area contributed by atoms with Crippen LogP contribution in [0.1, 0.15) is 42.1 Å². The third-order valence-corrected chi connectivity index (χ3v) is 7.35. The number of hydrogen-bond acceptors (Lipinski definition) is 3. The van der Waals surface area contributed by atoms with Crippen LogP contribution in [0, 0.1) is 33.6 Å². The minimum Gasteiger partial charge on any atom is -0.369 e. The van der Waals surface area contributed by atoms with E-state index in [2.05, 4.69) is 79.6 Å². The molecule has 1 saturated carbocycles. The Kier molecular flexibility index (Phi) is 6.04. The first kappa shape index (κ1) is 23.4. The fourth-order valence-corrected chi connectivity index (χ4v) is 5.41. The van der Waals surface area contributed by atoms with Crippen molar-refractivity contribution in [2.24, 2.45) is 5.92 Å². The highest BCUT2D eigenvalue weighted by Gasteiger charge is 2.27. The van der Waals surface area contributed by atoms with Gasteiger partial charge in [-0.15, -0.1) is 0 Å². The van der Waals surface area contributed by atoms with E-state index in [4.69, 9.17) is 4.98 Å². The van der Waals surface area contributed by atoms with E-state index in [1.54, 1.807) is 6.92 Å². The van der Waals surface area contributed by atoms with E-state index in [-0.39, 0.29) is 5.91 Å². The molecule has 0 atom stereocenters. The summed E-state index contributed by atoms with van der Waals surface area (Å²) < 4.78 is 2.36. The molecule has 5 heteroatoms. The summed E-state index contributed by atoms with van der Waals surface area (Å²) in [6.07, 6.45) is 2.57. The third-order valence-electron chi connectivity index (χ3n) is 7.35. The lowest BCUT2D eigenvalue weighted by Gasteiger charge is -2.28. The Hall–Kier alpha value is -3.34. The SMILES string of the molecule is CC(=O)N(C)CCN(CC1CC1)c1cc(C)nc2c1c1ccccc1n2-c1c(C)cc(C)cc1C. The first-order chi connectivity index (χ1) is 16.7. The summed E-state index contributed by atoms with van der Waals surface area (Å²) in [6, 6.07) is 15.4. The van der Waals surface area contributed by atoms with Crippen LogP contribution in [0.3, 0.4) is 0 Å². The zero-order valence-corrected chi connectivity index (χ0v) is 21.9. The van der Waals surface area contributed by atoms with Gasteiger partial charge in [0, 0.05) is 44.7 Å². The van der Waals surface area contributed by atoms with Crippen molar-refractivity contribution in [3.8, 4) is 5.69 Å². The van der Waals surface area contributed by atoms with E-state index in [1.165, 1.54) is 57.2 Å². The van der Waals surface area contributed by atoms with Crippen molar-refractivity contribution in [1.29, 1.82) is 0 Å². The lowest BCUT2D eigenvalue weighted by Crippen LogP contribution is -2.36. The van der Waals surface area contributed by atoms with Crippen LogP contribution in [0.5, 0.6) is 0 Å². The summed E-state index contributed by atoms with van der Waals surface area (Å²) >= 11 is 0. The molecule has 1 amide bonds. The fraction of sp³-hybridized carbons (Fsp3) is 0.400. The van der Waals surface area contributed by atoms with Crippen molar-refractivity contribution < 1.29 is 4.79 Å². The average molecular weight is 469 g/mol. The first-order valence-electron chi connectivity index (χ1n) is 12.7. The number of aryl methyl sites for hydroxylation is 4. The molecule has 0 N–H and O–H groups in total. The summed E-state index contributed by atoms with van der Waals surface area (Å²) in [5, 5.41) is 2.43. The van der Waals surface area contributed by atoms with Gasteiger partial charge in [0.25, 0.3) is 0 Å². The van der Waals surface area contributed by atoms with E-state index < -0.39 is 0 Å². The summed E-state index contributed by atoms with van der Waals surface area (Å²) in [5.74, 6) is 0.838. The predicted octanol–water partition coefficient (Wildman–Crippen LogP) is 6.11. The number of aromatic nitrogens is 2. The Balaban J connectivity index is 1.76. The molecule has 1 aliphatic rings. The van der Waals surface area contributed by atoms with Crippen LogP contribution in [0.15, 0.2) is 42.5 Å². The number of pyridine rings is 1. The molecule has 0 spiro atoms. The van der Waals surface area contributed by atoms with Crippen molar-refractivity contribution >= 4 is 33.5 Å². The second kappa shape index (κ2) is 9.03. The van der Waals surface area contributed by atoms with Crippen molar-refractivity contribution in [1.82, 2.24) is 14.5 Å². The lowest BCUT2D eigenvalue weighted by molar-refractivity contribution is -0.127. The van der Waals surface area contributed by atoms with Crippen LogP contribution in [-0.2, 0) is 4.79 Å². The predicted molar refractivity (Wildman–Crippen MR) is 146 cm³/mol. The molecule has 0 unspecified atom stereocenters. The van der Waals surface area contributed by atoms with Gasteiger partial charge < -0.3 is 9.80 Å². The summed E-state index contributed by atoms with van der Waals surface area (Å²) in [6.45, 7) is 12.8. The highest BCUT2D eigenvalue weighted by molar-refractivity contribution is 6.14. The summed E-state index contributed by atoms with van der Waals surface area (Å²) in [7, 11) is 1.89. The minimum absolute atomic E-state index is 0.106. The first-order valence-corrected chi connectivity index (χ1v) is 12.7. The average Bonchev–Trinajstić information content (AvgIpc) is 3.57. The Labute approximate surface area is 208 Å². The number of anilines is 1. The Morgan fingerprint density at radius 3 is 2.37 bits per heavy atom. The Bertz CT molecular complexity index is 1410. The maximum atomic E-state index is 11.9. The number of para-hydroxylation sites is 1. The molecule has 2 heterocycles. The molecule has 2 aromatic heterocycles. The van der Waals surface area contributed by atoms with Gasteiger partial charge >= 0.3 is 0 Å². The quantitative estimate of drug-likeness (QED) is 0.329. The number of fused-ring (bicyclic) bond motifs is 3. The molecule has 5 rings (SSSR count). The molecular formula is C30H36N4O. The molecule has 0 saturated heterocycles. The zero-order chi connectivity index (χ0) is 24.9. The van der Waals surface area contributed by atoms with Gasteiger partial charge in [-0.05, 0) is 69.7 Å². The van der Waals surface area contributed by atoms with Crippen LogP contribution in [0.4, 0.5) is 5.69 Å². The van der Waals surface area contributed by atoms with Crippen LogP contribution in [0.25, 0.3) is 27.6 Å². The van der Waals surface area contributed by atoms with E-state index in [0.29, 0.717) is 6.54 Å². The van der Waals surface area contributed by atoms with Crippen LogP contribution in [0.2, 0.25) is 0 Å². The number of nitrogens with zero attached hydrogens (tertiary/aromatic N) is 4. The molecular weight excluding hydrogens is 432 g/mol. The van der Waals surface area contributed by atoms with Crippen molar-refractivity contribution in [2.45, 2.75) is 47.5 Å². The smallest absolute Gasteiger partial charge is 0.219 e. The fourth-order valence-electron chi connectivity index (χ4n) is 5.41. The number of carbonyl (C=O) groups excluding carboxylic acids is 1. The highest BCUT2D eigenvalue weighted by atomic mass is 16.2. The van der Waals surface area contributed by atoms with Gasteiger partial charge in [-0.25, -0.2) is 4.98 Å². The Morgan fingerprint density at radius 2 is 1.71 bits per heavy atom. The van der Waals surface area contributed by atoms with Gasteiger partial charge in [0.05, 0.1) is 22.3 Å². The molecule has 1 fully saturated rings. The van der Waals surface area contributed by atoms with Gasteiger partial charge in [-0.2, -0.15) is 0 Å². The number of likely N-dealkylation sites (N-methyl/N-ethyl adjacent to an activating group) is 1. The minimum atomic E-state index is 0.106. The van der Waals surface area contributed by atoms with Gasteiger partial charge in [-0.1, -0.05) is 35.9 Å². The molecule has 4 aromatic rings. The molecule has 0 radical (unpaired) electrons. The number of hydrogen-bond donors (Lipinski definition) is 0. The summed E-state index contributed by atoms with van der Waals surface area (Å²) in [5.41, 5.74) is 9.45.